The Bertz CT molecular complexity index is 375. The van der Waals surface area contributed by atoms with Crippen molar-refractivity contribution < 1.29 is 4.74 Å². The van der Waals surface area contributed by atoms with Gasteiger partial charge in [0, 0.05) is 33.7 Å². The molecule has 0 bridgehead atoms. The fourth-order valence-corrected chi connectivity index (χ4v) is 2.58. The van der Waals surface area contributed by atoms with Gasteiger partial charge in [-0.05, 0) is 60.6 Å². The molecule has 0 atom stereocenters. The van der Waals surface area contributed by atoms with Crippen LogP contribution in [0.1, 0.15) is 19.8 Å². The molecule has 16 heavy (non-hydrogen) atoms. The van der Waals surface area contributed by atoms with Crippen LogP contribution in [0.2, 0.25) is 0 Å². The van der Waals surface area contributed by atoms with Crippen molar-refractivity contribution in [3.05, 3.63) is 21.8 Å². The lowest BCUT2D eigenvalue weighted by Gasteiger charge is -2.35. The molecule has 1 aromatic rings. The summed E-state index contributed by atoms with van der Waals surface area (Å²) in [6, 6.07) is 5.98. The van der Waals surface area contributed by atoms with Crippen LogP contribution in [0.5, 0.6) is 0 Å². The number of nitrogen functional groups attached to an aromatic ring is 1. The van der Waals surface area contributed by atoms with Crippen LogP contribution in [0.4, 0.5) is 11.4 Å². The lowest BCUT2D eigenvalue weighted by molar-refractivity contribution is 0.0658. The van der Waals surface area contributed by atoms with Gasteiger partial charge in [-0.25, -0.2) is 0 Å². The van der Waals surface area contributed by atoms with Crippen molar-refractivity contribution in [2.45, 2.75) is 25.3 Å². The molecule has 1 aliphatic heterocycles. The van der Waals surface area contributed by atoms with Crippen LogP contribution in [0.25, 0.3) is 0 Å². The highest BCUT2D eigenvalue weighted by Gasteiger charge is 2.27. The van der Waals surface area contributed by atoms with Gasteiger partial charge in [0.05, 0.1) is 0 Å². The number of hydrogen-bond donors (Lipinski definition) is 2. The van der Waals surface area contributed by atoms with Crippen molar-refractivity contribution in [3.63, 3.8) is 0 Å². The van der Waals surface area contributed by atoms with E-state index in [1.54, 1.807) is 0 Å². The molecule has 3 nitrogen and oxygen atoms in total. The number of halogens is 1. The Kier molecular flexibility index (Phi) is 3.59. The van der Waals surface area contributed by atoms with E-state index < -0.39 is 0 Å². The third kappa shape index (κ3) is 2.79. The van der Waals surface area contributed by atoms with E-state index >= 15 is 0 Å². The van der Waals surface area contributed by atoms with E-state index in [1.165, 1.54) is 9.26 Å². The predicted octanol–water partition coefficient (Wildman–Crippen LogP) is 2.85. The Balaban J connectivity index is 2.13. The molecule has 0 aromatic heterocycles. The molecule has 0 saturated carbocycles. The second kappa shape index (κ2) is 4.79. The van der Waals surface area contributed by atoms with Gasteiger partial charge in [-0.1, -0.05) is 0 Å². The number of nitrogens with two attached hydrogens (primary N) is 1. The van der Waals surface area contributed by atoms with E-state index in [4.69, 9.17) is 10.5 Å². The van der Waals surface area contributed by atoms with Crippen molar-refractivity contribution in [3.8, 4) is 0 Å². The Morgan fingerprint density at radius 3 is 2.69 bits per heavy atom. The third-order valence-electron chi connectivity index (χ3n) is 3.03. The minimum Gasteiger partial charge on any atom is -0.399 e. The maximum atomic E-state index is 5.74. The monoisotopic (exact) mass is 332 g/mol. The first-order chi connectivity index (χ1) is 7.59. The first-order valence-electron chi connectivity index (χ1n) is 5.50. The normalized spacial score (nSPS) is 19.4. The Morgan fingerprint density at radius 1 is 1.38 bits per heavy atom. The van der Waals surface area contributed by atoms with Crippen molar-refractivity contribution >= 4 is 34.0 Å². The van der Waals surface area contributed by atoms with E-state index in [9.17, 15) is 0 Å². The van der Waals surface area contributed by atoms with E-state index in [1.807, 2.05) is 12.1 Å². The summed E-state index contributed by atoms with van der Waals surface area (Å²) in [5.41, 5.74) is 7.87. The van der Waals surface area contributed by atoms with Gasteiger partial charge in [-0.15, -0.1) is 0 Å². The van der Waals surface area contributed by atoms with Gasteiger partial charge in [-0.3, -0.25) is 0 Å². The molecule has 0 radical (unpaired) electrons. The van der Waals surface area contributed by atoms with Crippen LogP contribution in [0.15, 0.2) is 18.2 Å². The van der Waals surface area contributed by atoms with Gasteiger partial charge in [0.25, 0.3) is 0 Å². The minimum absolute atomic E-state index is 0.147. The highest BCUT2D eigenvalue weighted by atomic mass is 127. The van der Waals surface area contributed by atoms with Gasteiger partial charge in [0.15, 0.2) is 0 Å². The molecule has 88 valence electrons. The molecule has 0 aliphatic carbocycles. The summed E-state index contributed by atoms with van der Waals surface area (Å²) in [5, 5.41) is 3.61. The fraction of sp³-hybridized carbons (Fsp3) is 0.500. The first kappa shape index (κ1) is 12.0. The highest BCUT2D eigenvalue weighted by molar-refractivity contribution is 14.1. The van der Waals surface area contributed by atoms with Crippen LogP contribution in [-0.2, 0) is 4.74 Å². The van der Waals surface area contributed by atoms with Gasteiger partial charge in [-0.2, -0.15) is 0 Å². The Labute approximate surface area is 110 Å². The molecule has 4 heteroatoms. The molecule has 0 amide bonds. The number of rotatable bonds is 2. The van der Waals surface area contributed by atoms with E-state index in [2.05, 4.69) is 40.9 Å². The van der Waals surface area contributed by atoms with Crippen LogP contribution in [0, 0.1) is 3.57 Å². The molecule has 3 N–H and O–H groups in total. The summed E-state index contributed by atoms with van der Waals surface area (Å²) in [4.78, 5) is 0. The number of benzene rings is 1. The second-order valence-electron chi connectivity index (χ2n) is 4.54. The molecule has 0 unspecified atom stereocenters. The number of ether oxygens (including phenoxy) is 1. The summed E-state index contributed by atoms with van der Waals surface area (Å²) < 4.78 is 6.56. The zero-order valence-electron chi connectivity index (χ0n) is 9.42. The summed E-state index contributed by atoms with van der Waals surface area (Å²) in [6.45, 7) is 3.94. The molecule has 2 rings (SSSR count). The van der Waals surface area contributed by atoms with Crippen molar-refractivity contribution in [2.75, 3.05) is 24.3 Å². The number of hydrogen-bond acceptors (Lipinski definition) is 3. The van der Waals surface area contributed by atoms with Gasteiger partial charge >= 0.3 is 0 Å². The average molecular weight is 332 g/mol. The zero-order valence-corrected chi connectivity index (χ0v) is 11.6. The molecular formula is C12H17IN2O. The molecule has 1 aromatic carbocycles. The Hall–Kier alpha value is -0.490. The van der Waals surface area contributed by atoms with Crippen molar-refractivity contribution in [1.29, 1.82) is 0 Å². The molecule has 0 spiro atoms. The SMILES string of the molecule is CC1(Nc2ccc(N)cc2I)CCOCC1. The van der Waals surface area contributed by atoms with Gasteiger partial charge < -0.3 is 15.8 Å². The first-order valence-corrected chi connectivity index (χ1v) is 6.58. The smallest absolute Gasteiger partial charge is 0.0488 e. The fourth-order valence-electron chi connectivity index (χ4n) is 1.90. The molecule has 1 fully saturated rings. The highest BCUT2D eigenvalue weighted by Crippen LogP contribution is 2.29. The molecule has 1 saturated heterocycles. The molecule has 1 aliphatic rings. The quantitative estimate of drug-likeness (QED) is 0.647. The third-order valence-corrected chi connectivity index (χ3v) is 3.92. The standard InChI is InChI=1S/C12H17IN2O/c1-12(4-6-16-7-5-12)15-11-3-2-9(14)8-10(11)13/h2-3,8,15H,4-7,14H2,1H3. The lowest BCUT2D eigenvalue weighted by Crippen LogP contribution is -2.40. The topological polar surface area (TPSA) is 47.3 Å². The maximum absolute atomic E-state index is 5.74. The lowest BCUT2D eigenvalue weighted by atomic mass is 9.92. The summed E-state index contributed by atoms with van der Waals surface area (Å²) in [7, 11) is 0. The van der Waals surface area contributed by atoms with Crippen molar-refractivity contribution in [1.82, 2.24) is 0 Å². The van der Waals surface area contributed by atoms with Crippen molar-refractivity contribution in [2.24, 2.45) is 0 Å². The largest absolute Gasteiger partial charge is 0.399 e. The van der Waals surface area contributed by atoms with E-state index in [0.717, 1.165) is 31.7 Å². The molecule has 1 heterocycles. The minimum atomic E-state index is 0.147. The molecular weight excluding hydrogens is 315 g/mol. The number of nitrogens with one attached hydrogen (secondary N) is 1. The summed E-state index contributed by atoms with van der Waals surface area (Å²) in [5.74, 6) is 0. The van der Waals surface area contributed by atoms with Crippen LogP contribution < -0.4 is 11.1 Å². The van der Waals surface area contributed by atoms with Crippen LogP contribution in [0.3, 0.4) is 0 Å². The second-order valence-corrected chi connectivity index (χ2v) is 5.70. The average Bonchev–Trinajstić information content (AvgIpc) is 2.23. The maximum Gasteiger partial charge on any atom is 0.0488 e. The van der Waals surface area contributed by atoms with E-state index in [-0.39, 0.29) is 5.54 Å². The summed E-state index contributed by atoms with van der Waals surface area (Å²) in [6.07, 6.45) is 2.10. The van der Waals surface area contributed by atoms with Crippen LogP contribution >= 0.6 is 22.6 Å². The Morgan fingerprint density at radius 2 is 2.06 bits per heavy atom. The van der Waals surface area contributed by atoms with Gasteiger partial charge in [0.2, 0.25) is 0 Å². The summed E-state index contributed by atoms with van der Waals surface area (Å²) >= 11 is 2.32. The van der Waals surface area contributed by atoms with Crippen LogP contribution in [-0.4, -0.2) is 18.8 Å². The predicted molar refractivity (Wildman–Crippen MR) is 75.7 cm³/mol. The number of anilines is 2. The van der Waals surface area contributed by atoms with Gasteiger partial charge in [0.1, 0.15) is 0 Å². The van der Waals surface area contributed by atoms with E-state index in [0.29, 0.717) is 0 Å². The zero-order chi connectivity index (χ0) is 11.6.